The number of aromatic nitrogens is 1. The minimum atomic E-state index is -0.402. The third kappa shape index (κ3) is 3.66. The van der Waals surface area contributed by atoms with Gasteiger partial charge in [-0.3, -0.25) is 14.5 Å². The molecule has 31 heavy (non-hydrogen) atoms. The monoisotopic (exact) mass is 413 g/mol. The largest absolute Gasteiger partial charge is 0.459 e. The highest BCUT2D eigenvalue weighted by atomic mass is 16.3. The first-order valence-electron chi connectivity index (χ1n) is 10.4. The van der Waals surface area contributed by atoms with E-state index in [1.54, 1.807) is 23.2 Å². The first-order chi connectivity index (χ1) is 15.2. The number of carbonyl (C=O) groups excluding carboxylic acids is 2. The Hall–Kier alpha value is -3.64. The fourth-order valence-electron chi connectivity index (χ4n) is 4.33. The SMILES string of the molecule is O=C(c1c[nH]c2ccccc12)[C@H](c1ccccc1)N1CCN(C(=O)c2ccco2)CC1. The Morgan fingerprint density at radius 1 is 0.871 bits per heavy atom. The molecule has 0 radical (unpaired) electrons. The average molecular weight is 413 g/mol. The van der Waals surface area contributed by atoms with E-state index in [0.717, 1.165) is 16.5 Å². The highest BCUT2D eigenvalue weighted by molar-refractivity contribution is 6.10. The van der Waals surface area contributed by atoms with E-state index < -0.39 is 6.04 Å². The van der Waals surface area contributed by atoms with Crippen LogP contribution >= 0.6 is 0 Å². The molecule has 6 heteroatoms. The molecule has 1 aliphatic heterocycles. The molecule has 1 fully saturated rings. The average Bonchev–Trinajstić information content (AvgIpc) is 3.50. The normalized spacial score (nSPS) is 15.8. The van der Waals surface area contributed by atoms with Crippen LogP contribution in [0.1, 0.15) is 32.5 Å². The molecule has 1 aliphatic rings. The molecule has 156 valence electrons. The molecule has 1 amide bonds. The smallest absolute Gasteiger partial charge is 0.289 e. The number of hydrogen-bond acceptors (Lipinski definition) is 4. The fourth-order valence-corrected chi connectivity index (χ4v) is 4.33. The van der Waals surface area contributed by atoms with E-state index in [9.17, 15) is 9.59 Å². The van der Waals surface area contributed by atoms with Crippen molar-refractivity contribution in [3.63, 3.8) is 0 Å². The van der Waals surface area contributed by atoms with Crippen molar-refractivity contribution < 1.29 is 14.0 Å². The van der Waals surface area contributed by atoms with Gasteiger partial charge in [-0.2, -0.15) is 0 Å². The summed E-state index contributed by atoms with van der Waals surface area (Å²) in [5, 5.41) is 0.931. The molecule has 0 unspecified atom stereocenters. The summed E-state index contributed by atoms with van der Waals surface area (Å²) in [5.74, 6) is 0.307. The first kappa shape index (κ1) is 19.3. The maximum Gasteiger partial charge on any atom is 0.289 e. The third-order valence-electron chi connectivity index (χ3n) is 5.92. The molecule has 0 aliphatic carbocycles. The lowest BCUT2D eigenvalue weighted by atomic mass is 9.95. The van der Waals surface area contributed by atoms with Gasteiger partial charge in [0.1, 0.15) is 0 Å². The standard InChI is InChI=1S/C25H23N3O3/c29-24(20-17-26-21-10-5-4-9-19(20)21)23(18-7-2-1-3-8-18)27-12-14-28(15-13-27)25(30)22-11-6-16-31-22/h1-11,16-17,23,26H,12-15H2/t23-/m0/s1. The molecule has 2 aromatic heterocycles. The van der Waals surface area contributed by atoms with Crippen LogP contribution in [0, 0.1) is 0 Å². The van der Waals surface area contributed by atoms with Crippen molar-refractivity contribution in [3.05, 3.63) is 96.1 Å². The second-order valence-corrected chi connectivity index (χ2v) is 7.73. The van der Waals surface area contributed by atoms with Crippen molar-refractivity contribution >= 4 is 22.6 Å². The Kier molecular flexibility index (Phi) is 5.14. The number of nitrogens with zero attached hydrogens (tertiary/aromatic N) is 2. The van der Waals surface area contributed by atoms with E-state index in [1.165, 1.54) is 6.26 Å². The summed E-state index contributed by atoms with van der Waals surface area (Å²) >= 11 is 0. The minimum Gasteiger partial charge on any atom is -0.459 e. The van der Waals surface area contributed by atoms with Crippen molar-refractivity contribution in [1.82, 2.24) is 14.8 Å². The zero-order valence-corrected chi connectivity index (χ0v) is 17.0. The van der Waals surface area contributed by atoms with Crippen molar-refractivity contribution in [2.75, 3.05) is 26.2 Å². The van der Waals surface area contributed by atoms with Gasteiger partial charge in [0.15, 0.2) is 11.5 Å². The molecule has 6 nitrogen and oxygen atoms in total. The van der Waals surface area contributed by atoms with E-state index in [-0.39, 0.29) is 11.7 Å². The van der Waals surface area contributed by atoms with Crippen molar-refractivity contribution in [3.8, 4) is 0 Å². The molecule has 2 aromatic carbocycles. The van der Waals surface area contributed by atoms with Crippen molar-refractivity contribution in [2.45, 2.75) is 6.04 Å². The lowest BCUT2D eigenvalue weighted by molar-refractivity contribution is 0.0510. The van der Waals surface area contributed by atoms with Crippen molar-refractivity contribution in [1.29, 1.82) is 0 Å². The number of nitrogens with one attached hydrogen (secondary N) is 1. The molecule has 0 saturated carbocycles. The molecular formula is C25H23N3O3. The molecule has 0 spiro atoms. The van der Waals surface area contributed by atoms with Crippen molar-refractivity contribution in [2.24, 2.45) is 0 Å². The first-order valence-corrected chi connectivity index (χ1v) is 10.4. The molecule has 1 atom stereocenters. The van der Waals surface area contributed by atoms with Crippen LogP contribution in [-0.2, 0) is 0 Å². The Morgan fingerprint density at radius 3 is 2.35 bits per heavy atom. The number of fused-ring (bicyclic) bond motifs is 1. The molecule has 1 saturated heterocycles. The predicted octanol–water partition coefficient (Wildman–Crippen LogP) is 4.14. The Bertz CT molecular complexity index is 1190. The number of benzene rings is 2. The van der Waals surface area contributed by atoms with Crippen LogP contribution in [0.4, 0.5) is 0 Å². The number of para-hydroxylation sites is 1. The van der Waals surface area contributed by atoms with Crippen LogP contribution < -0.4 is 0 Å². The van der Waals surface area contributed by atoms with Crippen LogP contribution in [0.2, 0.25) is 0 Å². The summed E-state index contributed by atoms with van der Waals surface area (Å²) in [6, 6.07) is 20.7. The lowest BCUT2D eigenvalue weighted by Crippen LogP contribution is -2.51. The molecule has 4 aromatic rings. The number of amides is 1. The second kappa shape index (κ2) is 8.24. The summed E-state index contributed by atoms with van der Waals surface area (Å²) in [6.07, 6.45) is 3.31. The zero-order chi connectivity index (χ0) is 21.2. The number of ketones is 1. The van der Waals surface area contributed by atoms with Crippen LogP contribution in [0.5, 0.6) is 0 Å². The highest BCUT2D eigenvalue weighted by Crippen LogP contribution is 2.30. The Balaban J connectivity index is 1.41. The van der Waals surface area contributed by atoms with Gasteiger partial charge in [0, 0.05) is 48.8 Å². The summed E-state index contributed by atoms with van der Waals surface area (Å²) in [6.45, 7) is 2.31. The van der Waals surface area contributed by atoms with Gasteiger partial charge < -0.3 is 14.3 Å². The van der Waals surface area contributed by atoms with E-state index in [4.69, 9.17) is 4.42 Å². The number of aromatic amines is 1. The van der Waals surface area contributed by atoms with Gasteiger partial charge in [-0.05, 0) is 23.8 Å². The number of Topliss-reactive ketones (excluding diaryl/α,β-unsaturated/α-hetero) is 1. The molecule has 5 rings (SSSR count). The Morgan fingerprint density at radius 2 is 1.61 bits per heavy atom. The van der Waals surface area contributed by atoms with Crippen LogP contribution in [0.3, 0.4) is 0 Å². The van der Waals surface area contributed by atoms with E-state index in [2.05, 4.69) is 9.88 Å². The number of hydrogen-bond donors (Lipinski definition) is 1. The fraction of sp³-hybridized carbons (Fsp3) is 0.200. The summed E-state index contributed by atoms with van der Waals surface area (Å²) in [5.41, 5.74) is 2.61. The van der Waals surface area contributed by atoms with E-state index in [1.807, 2.05) is 54.6 Å². The lowest BCUT2D eigenvalue weighted by Gasteiger charge is -2.38. The topological polar surface area (TPSA) is 69.6 Å². The number of rotatable bonds is 5. The van der Waals surface area contributed by atoms with Gasteiger partial charge in [-0.15, -0.1) is 0 Å². The summed E-state index contributed by atoms with van der Waals surface area (Å²) < 4.78 is 5.26. The highest BCUT2D eigenvalue weighted by Gasteiger charge is 2.33. The van der Waals surface area contributed by atoms with Gasteiger partial charge in [0.2, 0.25) is 0 Å². The van der Waals surface area contributed by atoms with Crippen LogP contribution in [0.15, 0.2) is 83.6 Å². The maximum absolute atomic E-state index is 13.8. The third-order valence-corrected chi connectivity index (χ3v) is 5.92. The maximum atomic E-state index is 13.8. The molecular weight excluding hydrogens is 390 g/mol. The summed E-state index contributed by atoms with van der Waals surface area (Å²) in [4.78, 5) is 33.6. The molecule has 0 bridgehead atoms. The quantitative estimate of drug-likeness (QED) is 0.499. The molecule has 1 N–H and O–H groups in total. The second-order valence-electron chi connectivity index (χ2n) is 7.73. The molecule has 3 heterocycles. The Labute approximate surface area is 180 Å². The van der Waals surface area contributed by atoms with E-state index >= 15 is 0 Å². The van der Waals surface area contributed by atoms with Crippen LogP contribution in [0.25, 0.3) is 10.9 Å². The van der Waals surface area contributed by atoms with Gasteiger partial charge in [0.25, 0.3) is 5.91 Å². The van der Waals surface area contributed by atoms with Crippen LogP contribution in [-0.4, -0.2) is 52.7 Å². The van der Waals surface area contributed by atoms with Gasteiger partial charge in [-0.1, -0.05) is 48.5 Å². The number of carbonyl (C=O) groups is 2. The number of H-pyrrole nitrogens is 1. The van der Waals surface area contributed by atoms with Gasteiger partial charge in [0.05, 0.1) is 12.3 Å². The predicted molar refractivity (Wildman–Crippen MR) is 118 cm³/mol. The summed E-state index contributed by atoms with van der Waals surface area (Å²) in [7, 11) is 0. The van der Waals surface area contributed by atoms with Gasteiger partial charge >= 0.3 is 0 Å². The number of furan rings is 1. The minimum absolute atomic E-state index is 0.0643. The van der Waals surface area contributed by atoms with E-state index in [0.29, 0.717) is 37.5 Å². The number of piperazine rings is 1. The zero-order valence-electron chi connectivity index (χ0n) is 17.0. The van der Waals surface area contributed by atoms with Gasteiger partial charge in [-0.25, -0.2) is 0 Å².